The Morgan fingerprint density at radius 2 is 1.94 bits per heavy atom. The van der Waals surface area contributed by atoms with Crippen LogP contribution in [0.4, 0.5) is 14.9 Å². The molecule has 0 radical (unpaired) electrons. The zero-order chi connectivity index (χ0) is 13.9. The molecule has 18 heavy (non-hydrogen) atoms. The lowest BCUT2D eigenvalue weighted by molar-refractivity contribution is 0.0636. The van der Waals surface area contributed by atoms with Gasteiger partial charge >= 0.3 is 6.09 Å². The van der Waals surface area contributed by atoms with Gasteiger partial charge in [0, 0.05) is 6.07 Å². The third kappa shape index (κ3) is 3.91. The maximum Gasteiger partial charge on any atom is 0.412 e. The quantitative estimate of drug-likeness (QED) is 0.880. The number of benzene rings is 1. The van der Waals surface area contributed by atoms with Crippen molar-refractivity contribution in [2.24, 2.45) is 0 Å². The first kappa shape index (κ1) is 14.3. The van der Waals surface area contributed by atoms with Gasteiger partial charge in [0.2, 0.25) is 0 Å². The van der Waals surface area contributed by atoms with Crippen LogP contribution in [0, 0.1) is 12.7 Å². The Hall–Kier alpha value is -1.78. The minimum atomic E-state index is -0.616. The van der Waals surface area contributed by atoms with E-state index in [0.717, 1.165) is 0 Å². The largest absolute Gasteiger partial charge is 0.494 e. The van der Waals surface area contributed by atoms with Crippen molar-refractivity contribution in [2.75, 3.05) is 12.4 Å². The van der Waals surface area contributed by atoms with Crippen LogP contribution in [-0.2, 0) is 4.74 Å². The number of methoxy groups -OCH3 is 1. The predicted octanol–water partition coefficient (Wildman–Crippen LogP) is 3.49. The lowest BCUT2D eigenvalue weighted by Crippen LogP contribution is -2.27. The van der Waals surface area contributed by atoms with Crippen LogP contribution in [-0.4, -0.2) is 18.8 Å². The minimum Gasteiger partial charge on any atom is -0.494 e. The first-order valence-corrected chi connectivity index (χ1v) is 5.57. The van der Waals surface area contributed by atoms with Crippen molar-refractivity contribution in [3.05, 3.63) is 23.5 Å². The van der Waals surface area contributed by atoms with Gasteiger partial charge in [0.15, 0.2) is 11.6 Å². The smallest absolute Gasteiger partial charge is 0.412 e. The van der Waals surface area contributed by atoms with Gasteiger partial charge < -0.3 is 9.47 Å². The summed E-state index contributed by atoms with van der Waals surface area (Å²) >= 11 is 0. The number of hydrogen-bond acceptors (Lipinski definition) is 3. The second kappa shape index (κ2) is 5.25. The van der Waals surface area contributed by atoms with Crippen LogP contribution in [0.5, 0.6) is 5.75 Å². The number of amides is 1. The Labute approximate surface area is 106 Å². The molecule has 1 rings (SSSR count). The van der Waals surface area contributed by atoms with Crippen LogP contribution in [0.1, 0.15) is 26.3 Å². The number of hydrogen-bond donors (Lipinski definition) is 1. The lowest BCUT2D eigenvalue weighted by Gasteiger charge is -2.20. The van der Waals surface area contributed by atoms with E-state index in [4.69, 9.17) is 9.47 Å². The van der Waals surface area contributed by atoms with Crippen LogP contribution in [0.15, 0.2) is 12.1 Å². The van der Waals surface area contributed by atoms with E-state index in [9.17, 15) is 9.18 Å². The van der Waals surface area contributed by atoms with Gasteiger partial charge in [0.05, 0.1) is 12.8 Å². The van der Waals surface area contributed by atoms with E-state index in [0.29, 0.717) is 11.3 Å². The molecular weight excluding hydrogens is 237 g/mol. The Bertz CT molecular complexity index is 452. The highest BCUT2D eigenvalue weighted by Crippen LogP contribution is 2.25. The molecule has 1 aromatic rings. The molecule has 1 aromatic carbocycles. The van der Waals surface area contributed by atoms with E-state index in [1.807, 2.05) is 0 Å². The Morgan fingerprint density at radius 1 is 1.33 bits per heavy atom. The molecule has 0 aliphatic carbocycles. The van der Waals surface area contributed by atoms with Crippen molar-refractivity contribution < 1.29 is 18.7 Å². The zero-order valence-electron chi connectivity index (χ0n) is 11.3. The molecule has 0 unspecified atom stereocenters. The molecule has 0 aliphatic rings. The Morgan fingerprint density at radius 3 is 2.44 bits per heavy atom. The number of rotatable bonds is 2. The summed E-state index contributed by atoms with van der Waals surface area (Å²) in [6.45, 7) is 7.02. The Balaban J connectivity index is 2.86. The average Bonchev–Trinajstić information content (AvgIpc) is 2.20. The molecule has 1 amide bonds. The molecule has 0 spiro atoms. The molecule has 0 heterocycles. The second-order valence-electron chi connectivity index (χ2n) is 4.93. The number of carbonyl (C=O) groups excluding carboxylic acids is 1. The summed E-state index contributed by atoms with van der Waals surface area (Å²) in [5.74, 6) is -0.392. The maximum atomic E-state index is 13.5. The van der Waals surface area contributed by atoms with Crippen molar-refractivity contribution in [3.8, 4) is 5.75 Å². The van der Waals surface area contributed by atoms with Gasteiger partial charge in [0.25, 0.3) is 0 Å². The fourth-order valence-corrected chi connectivity index (χ4v) is 1.36. The topological polar surface area (TPSA) is 47.6 Å². The number of ether oxygens (including phenoxy) is 2. The second-order valence-corrected chi connectivity index (χ2v) is 4.93. The predicted molar refractivity (Wildman–Crippen MR) is 67.5 cm³/mol. The Kier molecular flexibility index (Phi) is 4.16. The standard InChI is InChI=1S/C13H18FNO3/c1-8-6-11(17-5)9(14)7-10(8)15-12(16)18-13(2,3)4/h6-7H,1-5H3,(H,15,16). The van der Waals surface area contributed by atoms with Gasteiger partial charge in [0.1, 0.15) is 5.60 Å². The van der Waals surface area contributed by atoms with Crippen molar-refractivity contribution in [1.29, 1.82) is 0 Å². The summed E-state index contributed by atoms with van der Waals surface area (Å²) in [4.78, 5) is 11.6. The summed E-state index contributed by atoms with van der Waals surface area (Å²) < 4.78 is 23.4. The molecule has 0 atom stereocenters. The van der Waals surface area contributed by atoms with E-state index in [1.54, 1.807) is 27.7 Å². The molecule has 4 nitrogen and oxygen atoms in total. The summed E-state index contributed by atoms with van der Waals surface area (Å²) in [5, 5.41) is 2.50. The van der Waals surface area contributed by atoms with E-state index < -0.39 is 17.5 Å². The van der Waals surface area contributed by atoms with Crippen LogP contribution >= 0.6 is 0 Å². The van der Waals surface area contributed by atoms with Crippen molar-refractivity contribution in [3.63, 3.8) is 0 Å². The minimum absolute atomic E-state index is 0.141. The van der Waals surface area contributed by atoms with Gasteiger partial charge in [-0.15, -0.1) is 0 Å². The van der Waals surface area contributed by atoms with Crippen LogP contribution in [0.25, 0.3) is 0 Å². The molecular formula is C13H18FNO3. The molecule has 0 saturated carbocycles. The van der Waals surface area contributed by atoms with Crippen LogP contribution in [0.3, 0.4) is 0 Å². The van der Waals surface area contributed by atoms with Gasteiger partial charge in [-0.3, -0.25) is 5.32 Å². The highest BCUT2D eigenvalue weighted by molar-refractivity contribution is 5.86. The number of aryl methyl sites for hydroxylation is 1. The molecule has 0 saturated heterocycles. The molecule has 5 heteroatoms. The van der Waals surface area contributed by atoms with E-state index in [1.165, 1.54) is 19.2 Å². The average molecular weight is 255 g/mol. The molecule has 100 valence electrons. The monoisotopic (exact) mass is 255 g/mol. The fourth-order valence-electron chi connectivity index (χ4n) is 1.36. The van der Waals surface area contributed by atoms with E-state index >= 15 is 0 Å². The normalized spacial score (nSPS) is 11.0. The molecule has 0 fully saturated rings. The number of nitrogens with one attached hydrogen (secondary N) is 1. The number of anilines is 1. The van der Waals surface area contributed by atoms with Crippen molar-refractivity contribution >= 4 is 11.8 Å². The van der Waals surface area contributed by atoms with E-state index in [2.05, 4.69) is 5.32 Å². The number of halogens is 1. The number of carbonyl (C=O) groups is 1. The van der Waals surface area contributed by atoms with Crippen molar-refractivity contribution in [2.45, 2.75) is 33.3 Å². The van der Waals surface area contributed by atoms with Crippen molar-refractivity contribution in [1.82, 2.24) is 0 Å². The molecule has 0 bridgehead atoms. The van der Waals surface area contributed by atoms with E-state index in [-0.39, 0.29) is 5.75 Å². The van der Waals surface area contributed by atoms with Gasteiger partial charge in [-0.25, -0.2) is 9.18 Å². The third-order valence-electron chi connectivity index (χ3n) is 2.13. The summed E-state index contributed by atoms with van der Waals surface area (Å²) in [6.07, 6.45) is -0.616. The summed E-state index contributed by atoms with van der Waals surface area (Å²) in [6, 6.07) is 2.72. The van der Waals surface area contributed by atoms with Gasteiger partial charge in [-0.1, -0.05) is 0 Å². The highest BCUT2D eigenvalue weighted by Gasteiger charge is 2.17. The molecule has 1 N–H and O–H groups in total. The van der Waals surface area contributed by atoms with Gasteiger partial charge in [-0.2, -0.15) is 0 Å². The summed E-state index contributed by atoms with van der Waals surface area (Å²) in [7, 11) is 1.39. The van der Waals surface area contributed by atoms with Crippen LogP contribution < -0.4 is 10.1 Å². The zero-order valence-corrected chi connectivity index (χ0v) is 11.3. The fraction of sp³-hybridized carbons (Fsp3) is 0.462. The molecule has 0 aromatic heterocycles. The SMILES string of the molecule is COc1cc(C)c(NC(=O)OC(C)(C)C)cc1F. The highest BCUT2D eigenvalue weighted by atomic mass is 19.1. The molecule has 0 aliphatic heterocycles. The maximum absolute atomic E-state index is 13.5. The third-order valence-corrected chi connectivity index (χ3v) is 2.13. The lowest BCUT2D eigenvalue weighted by atomic mass is 10.2. The summed E-state index contributed by atoms with van der Waals surface area (Å²) in [5.41, 5.74) is 0.463. The first-order chi connectivity index (χ1) is 8.23. The van der Waals surface area contributed by atoms with Crippen LogP contribution in [0.2, 0.25) is 0 Å². The van der Waals surface area contributed by atoms with Gasteiger partial charge in [-0.05, 0) is 39.3 Å². The first-order valence-electron chi connectivity index (χ1n) is 5.57.